The first-order valence-electron chi connectivity index (χ1n) is 10.3. The lowest BCUT2D eigenvalue weighted by Crippen LogP contribution is -2.46. The van der Waals surface area contributed by atoms with Crippen LogP contribution < -0.4 is 14.2 Å². The van der Waals surface area contributed by atoms with Gasteiger partial charge in [-0.3, -0.25) is 9.69 Å². The summed E-state index contributed by atoms with van der Waals surface area (Å²) in [6, 6.07) is 13.4. The van der Waals surface area contributed by atoms with E-state index in [-0.39, 0.29) is 6.04 Å². The minimum Gasteiger partial charge on any atom is -0.493 e. The molecule has 0 bridgehead atoms. The van der Waals surface area contributed by atoms with E-state index >= 15 is 0 Å². The van der Waals surface area contributed by atoms with Crippen LogP contribution in [-0.2, 0) is 4.79 Å². The van der Waals surface area contributed by atoms with Gasteiger partial charge < -0.3 is 19.3 Å². The minimum absolute atomic E-state index is 0.270. The molecule has 3 aromatic rings. The van der Waals surface area contributed by atoms with Gasteiger partial charge in [0.25, 0.3) is 0 Å². The molecular formula is C24H27NO5S. The summed E-state index contributed by atoms with van der Waals surface area (Å²) >= 11 is 1.69. The number of aliphatic carboxylic acids is 1. The van der Waals surface area contributed by atoms with E-state index in [0.29, 0.717) is 30.2 Å². The van der Waals surface area contributed by atoms with Crippen LogP contribution in [0.5, 0.6) is 17.2 Å². The van der Waals surface area contributed by atoms with Crippen molar-refractivity contribution in [2.24, 2.45) is 0 Å². The Balaban J connectivity index is 1.93. The SMILES string of the molecule is COc1ccc(C(c2cc3ccccc3s2)N2CCCCC2C(=O)O)c(OC)c1OC. The van der Waals surface area contributed by atoms with Crippen LogP contribution in [0.3, 0.4) is 0 Å². The van der Waals surface area contributed by atoms with Crippen LogP contribution in [0.1, 0.15) is 35.7 Å². The molecule has 1 aliphatic rings. The van der Waals surface area contributed by atoms with Gasteiger partial charge in [0.05, 0.1) is 27.4 Å². The van der Waals surface area contributed by atoms with Crippen LogP contribution in [0.4, 0.5) is 0 Å². The van der Waals surface area contributed by atoms with Crippen LogP contribution in [0.2, 0.25) is 0 Å². The van der Waals surface area contributed by atoms with Gasteiger partial charge in [-0.2, -0.15) is 0 Å². The van der Waals surface area contributed by atoms with E-state index in [1.807, 2.05) is 24.3 Å². The number of carbonyl (C=O) groups is 1. The highest BCUT2D eigenvalue weighted by Gasteiger charge is 2.38. The van der Waals surface area contributed by atoms with Gasteiger partial charge in [-0.05, 0) is 49.0 Å². The number of benzene rings is 2. The molecule has 0 amide bonds. The van der Waals surface area contributed by atoms with E-state index in [2.05, 4.69) is 23.1 Å². The average Bonchev–Trinajstić information content (AvgIpc) is 3.22. The van der Waals surface area contributed by atoms with E-state index < -0.39 is 12.0 Å². The first-order valence-corrected chi connectivity index (χ1v) is 11.2. The molecule has 1 N–H and O–H groups in total. The number of rotatable bonds is 7. The maximum absolute atomic E-state index is 12.2. The molecule has 1 aromatic heterocycles. The molecule has 2 aromatic carbocycles. The first kappa shape index (κ1) is 21.5. The molecule has 2 unspecified atom stereocenters. The molecule has 1 saturated heterocycles. The number of thiophene rings is 1. The number of methoxy groups -OCH3 is 3. The number of likely N-dealkylation sites (tertiary alicyclic amines) is 1. The van der Waals surface area contributed by atoms with Crippen LogP contribution in [-0.4, -0.2) is 49.9 Å². The van der Waals surface area contributed by atoms with Gasteiger partial charge in [-0.15, -0.1) is 11.3 Å². The molecule has 4 rings (SSSR count). The Bertz CT molecular complexity index is 1050. The summed E-state index contributed by atoms with van der Waals surface area (Å²) in [7, 11) is 4.78. The lowest BCUT2D eigenvalue weighted by atomic mass is 9.94. The molecule has 7 heteroatoms. The number of hydrogen-bond acceptors (Lipinski definition) is 6. The van der Waals surface area contributed by atoms with E-state index in [9.17, 15) is 9.90 Å². The van der Waals surface area contributed by atoms with Gasteiger partial charge >= 0.3 is 5.97 Å². The smallest absolute Gasteiger partial charge is 0.320 e. The van der Waals surface area contributed by atoms with Crippen LogP contribution in [0.15, 0.2) is 42.5 Å². The van der Waals surface area contributed by atoms with Crippen molar-refractivity contribution in [3.8, 4) is 17.2 Å². The molecule has 6 nitrogen and oxygen atoms in total. The van der Waals surface area contributed by atoms with E-state index in [1.54, 1.807) is 32.7 Å². The zero-order valence-electron chi connectivity index (χ0n) is 18.0. The Hall–Kier alpha value is -2.77. The third-order valence-corrected chi connectivity index (χ3v) is 7.07. The molecule has 2 atom stereocenters. The Morgan fingerprint density at radius 2 is 1.84 bits per heavy atom. The quantitative estimate of drug-likeness (QED) is 0.559. The summed E-state index contributed by atoms with van der Waals surface area (Å²) < 4.78 is 18.1. The summed E-state index contributed by atoms with van der Waals surface area (Å²) in [6.07, 6.45) is 2.50. The fraction of sp³-hybridized carbons (Fsp3) is 0.375. The molecule has 0 aliphatic carbocycles. The van der Waals surface area contributed by atoms with Crippen molar-refractivity contribution in [3.05, 3.63) is 52.9 Å². The highest BCUT2D eigenvalue weighted by molar-refractivity contribution is 7.19. The molecule has 164 valence electrons. The van der Waals surface area contributed by atoms with Gasteiger partial charge in [0, 0.05) is 15.1 Å². The molecule has 2 heterocycles. The topological polar surface area (TPSA) is 68.2 Å². The van der Waals surface area contributed by atoms with Gasteiger partial charge in [0.15, 0.2) is 11.5 Å². The van der Waals surface area contributed by atoms with Crippen LogP contribution >= 0.6 is 11.3 Å². The Morgan fingerprint density at radius 1 is 1.06 bits per heavy atom. The summed E-state index contributed by atoms with van der Waals surface area (Å²) in [5.41, 5.74) is 0.875. The first-order chi connectivity index (χ1) is 15.1. The highest BCUT2D eigenvalue weighted by atomic mass is 32.1. The third kappa shape index (κ3) is 3.95. The second-order valence-electron chi connectivity index (χ2n) is 7.60. The fourth-order valence-electron chi connectivity index (χ4n) is 4.50. The van der Waals surface area contributed by atoms with Crippen molar-refractivity contribution < 1.29 is 24.1 Å². The normalized spacial score (nSPS) is 18.0. The van der Waals surface area contributed by atoms with E-state index in [1.165, 1.54) is 4.70 Å². The molecule has 31 heavy (non-hydrogen) atoms. The number of carboxylic acids is 1. The Morgan fingerprint density at radius 3 is 2.52 bits per heavy atom. The zero-order chi connectivity index (χ0) is 22.0. The van der Waals surface area contributed by atoms with Crippen molar-refractivity contribution in [3.63, 3.8) is 0 Å². The van der Waals surface area contributed by atoms with E-state index in [4.69, 9.17) is 14.2 Å². The zero-order valence-corrected chi connectivity index (χ0v) is 18.8. The predicted molar refractivity (Wildman–Crippen MR) is 122 cm³/mol. The summed E-state index contributed by atoms with van der Waals surface area (Å²) in [5.74, 6) is 0.869. The summed E-state index contributed by atoms with van der Waals surface area (Å²) in [6.45, 7) is 0.702. The Kier molecular flexibility index (Phi) is 6.34. The third-order valence-electron chi connectivity index (χ3n) is 5.90. The van der Waals surface area contributed by atoms with Crippen molar-refractivity contribution in [2.45, 2.75) is 31.3 Å². The Labute approximate surface area is 186 Å². The molecule has 0 radical (unpaired) electrons. The molecular weight excluding hydrogens is 414 g/mol. The maximum Gasteiger partial charge on any atom is 0.320 e. The predicted octanol–water partition coefficient (Wildman–Crippen LogP) is 4.96. The number of hydrogen-bond donors (Lipinski definition) is 1. The second kappa shape index (κ2) is 9.16. The van der Waals surface area contributed by atoms with Crippen molar-refractivity contribution in [2.75, 3.05) is 27.9 Å². The van der Waals surface area contributed by atoms with Crippen LogP contribution in [0.25, 0.3) is 10.1 Å². The van der Waals surface area contributed by atoms with Crippen molar-refractivity contribution >= 4 is 27.4 Å². The van der Waals surface area contributed by atoms with E-state index in [0.717, 1.165) is 28.7 Å². The highest BCUT2D eigenvalue weighted by Crippen LogP contribution is 2.48. The molecule has 0 saturated carbocycles. The number of ether oxygens (including phenoxy) is 3. The number of carboxylic acid groups (broad SMARTS) is 1. The molecule has 0 spiro atoms. The van der Waals surface area contributed by atoms with Gasteiger partial charge in [-0.25, -0.2) is 0 Å². The molecule has 1 aliphatic heterocycles. The van der Waals surface area contributed by atoms with Crippen molar-refractivity contribution in [1.82, 2.24) is 4.90 Å². The largest absolute Gasteiger partial charge is 0.493 e. The maximum atomic E-state index is 12.2. The number of fused-ring (bicyclic) bond motifs is 1. The summed E-state index contributed by atoms with van der Waals surface area (Å²) in [5, 5.41) is 11.1. The van der Waals surface area contributed by atoms with Crippen LogP contribution in [0, 0.1) is 0 Å². The van der Waals surface area contributed by atoms with Gasteiger partial charge in [-0.1, -0.05) is 24.6 Å². The fourth-order valence-corrected chi connectivity index (χ4v) is 5.71. The second-order valence-corrected chi connectivity index (χ2v) is 8.72. The van der Waals surface area contributed by atoms with Gasteiger partial charge in [0.2, 0.25) is 5.75 Å². The molecule has 1 fully saturated rings. The average molecular weight is 442 g/mol. The number of piperidine rings is 1. The van der Waals surface area contributed by atoms with Gasteiger partial charge in [0.1, 0.15) is 6.04 Å². The monoisotopic (exact) mass is 441 g/mol. The lowest BCUT2D eigenvalue weighted by molar-refractivity contribution is -0.145. The number of nitrogens with zero attached hydrogens (tertiary/aromatic N) is 1. The standard InChI is InChI=1S/C24H27NO5S/c1-28-18-12-11-16(22(29-2)23(18)30-3)21(25-13-7-6-9-17(25)24(26)27)20-14-15-8-4-5-10-19(15)31-20/h4-5,8,10-12,14,17,21H,6-7,9,13H2,1-3H3,(H,26,27). The summed E-state index contributed by atoms with van der Waals surface area (Å²) in [4.78, 5) is 15.3. The minimum atomic E-state index is -0.787. The van der Waals surface area contributed by atoms with Crippen molar-refractivity contribution in [1.29, 1.82) is 0 Å². The lowest BCUT2D eigenvalue weighted by Gasteiger charge is -2.39.